The number of benzene rings is 1. The third kappa shape index (κ3) is 2.09. The SMILES string of the molecule is CNCCc1ccc(O)c(F)c1O. The van der Waals surface area contributed by atoms with Crippen LogP contribution >= 0.6 is 0 Å². The topological polar surface area (TPSA) is 52.5 Å². The van der Waals surface area contributed by atoms with Crippen LogP contribution in [0.15, 0.2) is 12.1 Å². The average Bonchev–Trinajstić information content (AvgIpc) is 2.13. The Morgan fingerprint density at radius 3 is 2.69 bits per heavy atom. The number of hydrogen-bond acceptors (Lipinski definition) is 3. The summed E-state index contributed by atoms with van der Waals surface area (Å²) in [6, 6.07) is 2.74. The highest BCUT2D eigenvalue weighted by atomic mass is 19.1. The van der Waals surface area contributed by atoms with Crippen molar-refractivity contribution in [2.75, 3.05) is 13.6 Å². The minimum Gasteiger partial charge on any atom is -0.505 e. The number of rotatable bonds is 3. The first-order valence-corrected chi connectivity index (χ1v) is 4.00. The van der Waals surface area contributed by atoms with E-state index in [-0.39, 0.29) is 0 Å². The molecule has 1 aromatic rings. The van der Waals surface area contributed by atoms with E-state index in [4.69, 9.17) is 5.11 Å². The fourth-order valence-corrected chi connectivity index (χ4v) is 1.06. The molecule has 0 aliphatic rings. The van der Waals surface area contributed by atoms with E-state index in [1.165, 1.54) is 12.1 Å². The van der Waals surface area contributed by atoms with E-state index in [2.05, 4.69) is 5.32 Å². The highest BCUT2D eigenvalue weighted by Crippen LogP contribution is 2.28. The van der Waals surface area contributed by atoms with E-state index in [9.17, 15) is 9.50 Å². The molecular formula is C9H12FNO2. The van der Waals surface area contributed by atoms with Crippen molar-refractivity contribution < 1.29 is 14.6 Å². The molecule has 0 aromatic heterocycles. The zero-order chi connectivity index (χ0) is 9.84. The van der Waals surface area contributed by atoms with E-state index >= 15 is 0 Å². The Balaban J connectivity index is 2.90. The Kier molecular flexibility index (Phi) is 3.08. The number of aromatic hydroxyl groups is 2. The van der Waals surface area contributed by atoms with Crippen molar-refractivity contribution in [1.82, 2.24) is 5.32 Å². The first-order chi connectivity index (χ1) is 6.16. The largest absolute Gasteiger partial charge is 0.505 e. The van der Waals surface area contributed by atoms with Gasteiger partial charge in [0.2, 0.25) is 5.82 Å². The van der Waals surface area contributed by atoms with E-state index in [1.54, 1.807) is 7.05 Å². The summed E-state index contributed by atoms with van der Waals surface area (Å²) in [6.45, 7) is 0.651. The van der Waals surface area contributed by atoms with Gasteiger partial charge in [0.05, 0.1) is 0 Å². The first kappa shape index (κ1) is 9.80. The second-order valence-electron chi connectivity index (χ2n) is 2.76. The van der Waals surface area contributed by atoms with E-state index in [1.807, 2.05) is 0 Å². The molecule has 1 rings (SSSR count). The molecule has 0 radical (unpaired) electrons. The quantitative estimate of drug-likeness (QED) is 0.658. The molecule has 0 unspecified atom stereocenters. The smallest absolute Gasteiger partial charge is 0.206 e. The van der Waals surface area contributed by atoms with Crippen molar-refractivity contribution in [3.05, 3.63) is 23.5 Å². The Bertz CT molecular complexity index is 302. The van der Waals surface area contributed by atoms with Gasteiger partial charge in [-0.3, -0.25) is 0 Å². The highest BCUT2D eigenvalue weighted by molar-refractivity contribution is 5.41. The molecule has 0 bridgehead atoms. The Morgan fingerprint density at radius 1 is 1.38 bits per heavy atom. The van der Waals surface area contributed by atoms with Gasteiger partial charge < -0.3 is 15.5 Å². The number of phenols is 2. The van der Waals surface area contributed by atoms with Gasteiger partial charge in [-0.25, -0.2) is 0 Å². The van der Waals surface area contributed by atoms with Gasteiger partial charge >= 0.3 is 0 Å². The van der Waals surface area contributed by atoms with Crippen LogP contribution in [0.4, 0.5) is 4.39 Å². The van der Waals surface area contributed by atoms with Gasteiger partial charge in [-0.1, -0.05) is 6.07 Å². The summed E-state index contributed by atoms with van der Waals surface area (Å²) >= 11 is 0. The predicted molar refractivity (Wildman–Crippen MR) is 47.4 cm³/mol. The van der Waals surface area contributed by atoms with Crippen LogP contribution < -0.4 is 5.32 Å². The fraction of sp³-hybridized carbons (Fsp3) is 0.333. The molecule has 3 N–H and O–H groups in total. The molecule has 0 aliphatic heterocycles. The molecule has 0 spiro atoms. The molecule has 4 heteroatoms. The lowest BCUT2D eigenvalue weighted by Gasteiger charge is -2.05. The zero-order valence-corrected chi connectivity index (χ0v) is 7.34. The Labute approximate surface area is 75.8 Å². The fourth-order valence-electron chi connectivity index (χ4n) is 1.06. The van der Waals surface area contributed by atoms with Crippen LogP contribution in [0.1, 0.15) is 5.56 Å². The first-order valence-electron chi connectivity index (χ1n) is 4.00. The molecule has 0 amide bonds. The van der Waals surface area contributed by atoms with Gasteiger partial charge in [0.1, 0.15) is 0 Å². The Hall–Kier alpha value is -1.29. The molecule has 0 aliphatic carbocycles. The zero-order valence-electron chi connectivity index (χ0n) is 7.34. The van der Waals surface area contributed by atoms with Crippen LogP contribution in [-0.4, -0.2) is 23.8 Å². The van der Waals surface area contributed by atoms with Crippen molar-refractivity contribution in [3.63, 3.8) is 0 Å². The third-order valence-electron chi connectivity index (χ3n) is 1.82. The lowest BCUT2D eigenvalue weighted by atomic mass is 10.1. The summed E-state index contributed by atoms with van der Waals surface area (Å²) in [6.07, 6.45) is 0.527. The Morgan fingerprint density at radius 2 is 2.08 bits per heavy atom. The lowest BCUT2D eigenvalue weighted by Crippen LogP contribution is -2.10. The average molecular weight is 185 g/mol. The van der Waals surface area contributed by atoms with Crippen molar-refractivity contribution in [2.24, 2.45) is 0 Å². The molecule has 3 nitrogen and oxygen atoms in total. The molecule has 13 heavy (non-hydrogen) atoms. The maximum atomic E-state index is 12.9. The van der Waals surface area contributed by atoms with Crippen LogP contribution in [0.25, 0.3) is 0 Å². The van der Waals surface area contributed by atoms with Crippen LogP contribution in [0.3, 0.4) is 0 Å². The third-order valence-corrected chi connectivity index (χ3v) is 1.82. The minimum atomic E-state index is -0.950. The summed E-state index contributed by atoms with van der Waals surface area (Å²) < 4.78 is 12.9. The molecule has 0 saturated carbocycles. The molecule has 0 fully saturated rings. The molecule has 72 valence electrons. The summed E-state index contributed by atoms with van der Waals surface area (Å²) in [5, 5.41) is 21.0. The van der Waals surface area contributed by atoms with E-state index < -0.39 is 17.3 Å². The van der Waals surface area contributed by atoms with Crippen LogP contribution in [0, 0.1) is 5.82 Å². The monoisotopic (exact) mass is 185 g/mol. The van der Waals surface area contributed by atoms with Gasteiger partial charge in [-0.05, 0) is 31.6 Å². The molecular weight excluding hydrogens is 173 g/mol. The molecule has 0 atom stereocenters. The van der Waals surface area contributed by atoms with Crippen molar-refractivity contribution in [1.29, 1.82) is 0 Å². The van der Waals surface area contributed by atoms with Crippen molar-refractivity contribution in [3.8, 4) is 11.5 Å². The number of likely N-dealkylation sites (N-methyl/N-ethyl adjacent to an activating group) is 1. The van der Waals surface area contributed by atoms with Crippen molar-refractivity contribution in [2.45, 2.75) is 6.42 Å². The van der Waals surface area contributed by atoms with E-state index in [0.29, 0.717) is 18.5 Å². The minimum absolute atomic E-state index is 0.463. The normalized spacial score (nSPS) is 10.3. The van der Waals surface area contributed by atoms with E-state index in [0.717, 1.165) is 0 Å². The summed E-state index contributed by atoms with van der Waals surface area (Å²) in [7, 11) is 1.77. The lowest BCUT2D eigenvalue weighted by molar-refractivity contribution is 0.385. The second kappa shape index (κ2) is 4.09. The van der Waals surface area contributed by atoms with Crippen molar-refractivity contribution >= 4 is 0 Å². The van der Waals surface area contributed by atoms with Crippen LogP contribution in [0.5, 0.6) is 11.5 Å². The van der Waals surface area contributed by atoms with Gasteiger partial charge in [0.15, 0.2) is 11.5 Å². The second-order valence-corrected chi connectivity index (χ2v) is 2.76. The van der Waals surface area contributed by atoms with Crippen LogP contribution in [0.2, 0.25) is 0 Å². The molecule has 0 saturated heterocycles. The standard InChI is InChI=1S/C9H12FNO2/c1-11-5-4-6-2-3-7(12)8(10)9(6)13/h2-3,11-13H,4-5H2,1H3. The highest BCUT2D eigenvalue weighted by Gasteiger charge is 2.10. The number of halogens is 1. The van der Waals surface area contributed by atoms with Gasteiger partial charge in [-0.2, -0.15) is 4.39 Å². The van der Waals surface area contributed by atoms with Gasteiger partial charge in [0.25, 0.3) is 0 Å². The summed E-state index contributed by atoms with van der Waals surface area (Å²) in [5.74, 6) is -1.94. The molecule has 1 aromatic carbocycles. The predicted octanol–water partition coefficient (Wildman–Crippen LogP) is 0.999. The summed E-state index contributed by atoms with van der Waals surface area (Å²) in [4.78, 5) is 0. The van der Waals surface area contributed by atoms with Gasteiger partial charge in [-0.15, -0.1) is 0 Å². The number of hydrogen-bond donors (Lipinski definition) is 3. The number of phenolic OH excluding ortho intramolecular Hbond substituents is 2. The maximum Gasteiger partial charge on any atom is 0.206 e. The van der Waals surface area contributed by atoms with Crippen LogP contribution in [-0.2, 0) is 6.42 Å². The maximum absolute atomic E-state index is 12.9. The molecule has 0 heterocycles. The van der Waals surface area contributed by atoms with Gasteiger partial charge in [0, 0.05) is 0 Å². The summed E-state index contributed by atoms with van der Waals surface area (Å²) in [5.41, 5.74) is 0.490. The number of nitrogens with one attached hydrogen (secondary N) is 1.